The molecular weight excluding hydrogens is 387 g/mol. The molecular formula is C19H22BrFN2O2. The predicted molar refractivity (Wildman–Crippen MR) is 96.8 cm³/mol. The van der Waals surface area contributed by atoms with Crippen molar-refractivity contribution in [2.45, 2.75) is 38.5 Å². The minimum atomic E-state index is -0.348. The first-order chi connectivity index (χ1) is 12.0. The Morgan fingerprint density at radius 2 is 1.84 bits per heavy atom. The standard InChI is InChI=1S/C19H22BrFN2O2/c20-15-9-13-3-2-8-23(17(13)16(21)10-15)19(25)14-4-1-7-22(11-14)18(24)12-5-6-12/h9-10,12,14H,1-8,11H2/t14-/m1/s1. The molecule has 1 aliphatic carbocycles. The Morgan fingerprint density at radius 3 is 2.60 bits per heavy atom. The van der Waals surface area contributed by atoms with Crippen molar-refractivity contribution in [3.63, 3.8) is 0 Å². The molecule has 0 unspecified atom stereocenters. The highest BCUT2D eigenvalue weighted by atomic mass is 79.9. The van der Waals surface area contributed by atoms with Gasteiger partial charge in [0.15, 0.2) is 0 Å². The van der Waals surface area contributed by atoms with E-state index in [1.54, 1.807) is 4.90 Å². The first kappa shape index (κ1) is 17.0. The van der Waals surface area contributed by atoms with Crippen LogP contribution in [0.4, 0.5) is 10.1 Å². The number of hydrogen-bond donors (Lipinski definition) is 0. The zero-order valence-corrected chi connectivity index (χ0v) is 15.7. The van der Waals surface area contributed by atoms with Crippen LogP contribution < -0.4 is 4.90 Å². The summed E-state index contributed by atoms with van der Waals surface area (Å²) in [6.07, 6.45) is 5.20. The molecule has 2 amide bonds. The van der Waals surface area contributed by atoms with E-state index in [0.29, 0.717) is 23.2 Å². The van der Waals surface area contributed by atoms with Gasteiger partial charge in [0.05, 0.1) is 11.6 Å². The fourth-order valence-corrected chi connectivity index (χ4v) is 4.54. The average molecular weight is 409 g/mol. The summed E-state index contributed by atoms with van der Waals surface area (Å²) in [6.45, 7) is 1.78. The first-order valence-electron chi connectivity index (χ1n) is 9.12. The molecule has 2 aliphatic heterocycles. The molecule has 4 nitrogen and oxygen atoms in total. The van der Waals surface area contributed by atoms with Gasteiger partial charge >= 0.3 is 0 Å². The Bertz CT molecular complexity index is 720. The second kappa shape index (κ2) is 6.71. The Balaban J connectivity index is 1.54. The number of fused-ring (bicyclic) bond motifs is 1. The molecule has 0 bridgehead atoms. The van der Waals surface area contributed by atoms with Gasteiger partial charge in [0, 0.05) is 30.0 Å². The highest BCUT2D eigenvalue weighted by Gasteiger charge is 2.38. The summed E-state index contributed by atoms with van der Waals surface area (Å²) in [4.78, 5) is 28.9. The van der Waals surface area contributed by atoms with Crippen LogP contribution in [-0.2, 0) is 16.0 Å². The summed E-state index contributed by atoms with van der Waals surface area (Å²) in [7, 11) is 0. The van der Waals surface area contributed by atoms with Crippen LogP contribution in [-0.4, -0.2) is 36.3 Å². The third kappa shape index (κ3) is 3.33. The van der Waals surface area contributed by atoms with Crippen LogP contribution >= 0.6 is 15.9 Å². The lowest BCUT2D eigenvalue weighted by Gasteiger charge is -2.37. The highest BCUT2D eigenvalue weighted by molar-refractivity contribution is 9.10. The summed E-state index contributed by atoms with van der Waals surface area (Å²) in [6, 6.07) is 3.33. The maximum Gasteiger partial charge on any atom is 0.231 e. The van der Waals surface area contributed by atoms with E-state index in [9.17, 15) is 14.0 Å². The van der Waals surface area contributed by atoms with Gasteiger partial charge in [0.2, 0.25) is 11.8 Å². The van der Waals surface area contributed by atoms with Gasteiger partial charge in [-0.2, -0.15) is 0 Å². The van der Waals surface area contributed by atoms with Crippen LogP contribution in [0.25, 0.3) is 0 Å². The summed E-state index contributed by atoms with van der Waals surface area (Å²) in [5.74, 6) is -0.217. The number of piperidine rings is 1. The van der Waals surface area contributed by atoms with E-state index in [0.717, 1.165) is 50.6 Å². The molecule has 2 fully saturated rings. The molecule has 0 aromatic heterocycles. The van der Waals surface area contributed by atoms with Gasteiger partial charge in [-0.05, 0) is 56.2 Å². The molecule has 1 saturated carbocycles. The Hall–Kier alpha value is -1.43. The number of carbonyl (C=O) groups is 2. The van der Waals surface area contributed by atoms with Crippen molar-refractivity contribution >= 4 is 33.4 Å². The van der Waals surface area contributed by atoms with Crippen LogP contribution in [0.2, 0.25) is 0 Å². The fraction of sp³-hybridized carbons (Fsp3) is 0.579. The topological polar surface area (TPSA) is 40.6 Å². The van der Waals surface area contributed by atoms with Gasteiger partial charge in [-0.1, -0.05) is 15.9 Å². The minimum absolute atomic E-state index is 0.0320. The van der Waals surface area contributed by atoms with Crippen LogP contribution in [0.15, 0.2) is 16.6 Å². The normalized spacial score (nSPS) is 23.4. The molecule has 1 atom stereocenters. The van der Waals surface area contributed by atoms with Crippen molar-refractivity contribution in [2.24, 2.45) is 11.8 Å². The lowest BCUT2D eigenvalue weighted by molar-refractivity contribution is -0.136. The number of rotatable bonds is 2. The number of carbonyl (C=O) groups excluding carboxylic acids is 2. The van der Waals surface area contributed by atoms with E-state index in [2.05, 4.69) is 15.9 Å². The van der Waals surface area contributed by atoms with Crippen LogP contribution in [0.5, 0.6) is 0 Å². The molecule has 0 radical (unpaired) electrons. The molecule has 4 rings (SSSR count). The van der Waals surface area contributed by atoms with Crippen LogP contribution in [0.3, 0.4) is 0 Å². The van der Waals surface area contributed by atoms with Crippen molar-refractivity contribution in [3.05, 3.63) is 28.0 Å². The van der Waals surface area contributed by atoms with E-state index in [-0.39, 0.29) is 29.5 Å². The largest absolute Gasteiger partial charge is 0.342 e. The molecule has 1 aromatic carbocycles. The van der Waals surface area contributed by atoms with E-state index >= 15 is 0 Å². The smallest absolute Gasteiger partial charge is 0.231 e. The monoisotopic (exact) mass is 408 g/mol. The van der Waals surface area contributed by atoms with Gasteiger partial charge in [-0.3, -0.25) is 9.59 Å². The Morgan fingerprint density at radius 1 is 1.04 bits per heavy atom. The molecule has 0 N–H and O–H groups in total. The summed E-state index contributed by atoms with van der Waals surface area (Å²) in [5.41, 5.74) is 1.32. The zero-order chi connectivity index (χ0) is 17.6. The van der Waals surface area contributed by atoms with Crippen LogP contribution in [0, 0.1) is 17.7 Å². The molecule has 1 aromatic rings. The third-order valence-electron chi connectivity index (χ3n) is 5.48. The van der Waals surface area contributed by atoms with E-state index in [4.69, 9.17) is 0 Å². The number of benzene rings is 1. The molecule has 0 spiro atoms. The molecule has 3 aliphatic rings. The maximum atomic E-state index is 14.5. The Labute approximate surface area is 155 Å². The molecule has 1 saturated heterocycles. The quantitative estimate of drug-likeness (QED) is 0.750. The van der Waals surface area contributed by atoms with Crippen molar-refractivity contribution in [1.82, 2.24) is 4.90 Å². The third-order valence-corrected chi connectivity index (χ3v) is 5.94. The maximum absolute atomic E-state index is 14.5. The minimum Gasteiger partial charge on any atom is -0.342 e. The van der Waals surface area contributed by atoms with Crippen molar-refractivity contribution < 1.29 is 14.0 Å². The van der Waals surface area contributed by atoms with Gasteiger partial charge < -0.3 is 9.80 Å². The fourth-order valence-electron chi connectivity index (χ4n) is 4.06. The van der Waals surface area contributed by atoms with Gasteiger partial charge in [0.25, 0.3) is 0 Å². The lowest BCUT2D eigenvalue weighted by atomic mass is 9.93. The summed E-state index contributed by atoms with van der Waals surface area (Å²) < 4.78 is 15.2. The lowest BCUT2D eigenvalue weighted by Crippen LogP contribution is -2.48. The molecule has 25 heavy (non-hydrogen) atoms. The number of anilines is 1. The van der Waals surface area contributed by atoms with Crippen LogP contribution in [0.1, 0.15) is 37.7 Å². The number of hydrogen-bond acceptors (Lipinski definition) is 2. The number of nitrogens with zero attached hydrogens (tertiary/aromatic N) is 2. The molecule has 2 heterocycles. The van der Waals surface area contributed by atoms with Gasteiger partial charge in [0.1, 0.15) is 5.82 Å². The zero-order valence-electron chi connectivity index (χ0n) is 14.1. The van der Waals surface area contributed by atoms with Gasteiger partial charge in [-0.15, -0.1) is 0 Å². The summed E-state index contributed by atoms with van der Waals surface area (Å²) >= 11 is 3.33. The Kier molecular flexibility index (Phi) is 4.56. The number of amides is 2. The SMILES string of the molecule is O=C(C1CC1)N1CCC[C@@H](C(=O)N2CCCc3cc(Br)cc(F)c32)C1. The molecule has 6 heteroatoms. The van der Waals surface area contributed by atoms with E-state index < -0.39 is 0 Å². The second-order valence-electron chi connectivity index (χ2n) is 7.39. The molecule has 134 valence electrons. The van der Waals surface area contributed by atoms with E-state index in [1.165, 1.54) is 6.07 Å². The number of halogens is 2. The number of aryl methyl sites for hydroxylation is 1. The van der Waals surface area contributed by atoms with E-state index in [1.807, 2.05) is 11.0 Å². The number of likely N-dealkylation sites (tertiary alicyclic amines) is 1. The average Bonchev–Trinajstić information content (AvgIpc) is 3.45. The predicted octanol–water partition coefficient (Wildman–Crippen LogP) is 3.52. The second-order valence-corrected chi connectivity index (χ2v) is 8.30. The van der Waals surface area contributed by atoms with Crippen molar-refractivity contribution in [1.29, 1.82) is 0 Å². The van der Waals surface area contributed by atoms with Crippen molar-refractivity contribution in [2.75, 3.05) is 24.5 Å². The summed E-state index contributed by atoms with van der Waals surface area (Å²) in [5, 5.41) is 0. The van der Waals surface area contributed by atoms with Crippen molar-refractivity contribution in [3.8, 4) is 0 Å². The highest BCUT2D eigenvalue weighted by Crippen LogP contribution is 2.36. The first-order valence-corrected chi connectivity index (χ1v) is 9.92. The van der Waals surface area contributed by atoms with Gasteiger partial charge in [-0.25, -0.2) is 4.39 Å².